The highest BCUT2D eigenvalue weighted by molar-refractivity contribution is 7.91. The number of nitrogens with zero attached hydrogens (tertiary/aromatic N) is 5. The summed E-state index contributed by atoms with van der Waals surface area (Å²) in [5, 5.41) is 15.4. The number of tetrazole rings is 1. The normalized spacial score (nSPS) is 18.2. The molecule has 1 aromatic heterocycles. The maximum absolute atomic E-state index is 12.9. The summed E-state index contributed by atoms with van der Waals surface area (Å²) < 4.78 is 24.9. The molecule has 2 fully saturated rings. The SMILES string of the molecule is O=C(Nc1ccc(Cl)c(-n2nnnc2C2CC2)c1)c1cccc(CN2CCS(=O)(=O)CC2)c1. The Morgan fingerprint density at radius 1 is 1.12 bits per heavy atom. The maximum atomic E-state index is 12.9. The van der Waals surface area contributed by atoms with Crippen LogP contribution in [-0.2, 0) is 16.4 Å². The van der Waals surface area contributed by atoms with Gasteiger partial charge in [0, 0.05) is 36.8 Å². The standard InChI is InChI=1S/C22H23ClN6O3S/c23-19-7-6-18(13-20(19)29-21(16-4-5-16)25-26-27-29)24-22(30)17-3-1-2-15(12-17)14-28-8-10-33(31,32)11-9-28/h1-3,6-7,12-13,16H,4-5,8-11,14H2,(H,24,30). The number of aromatic nitrogens is 4. The minimum absolute atomic E-state index is 0.176. The number of benzene rings is 2. The van der Waals surface area contributed by atoms with E-state index in [0.717, 1.165) is 24.2 Å². The van der Waals surface area contributed by atoms with Crippen LogP contribution in [-0.4, -0.2) is 64.0 Å². The molecule has 1 saturated heterocycles. The first kappa shape index (κ1) is 22.0. The van der Waals surface area contributed by atoms with Crippen molar-refractivity contribution in [3.05, 3.63) is 64.4 Å². The molecular weight excluding hydrogens is 464 g/mol. The van der Waals surface area contributed by atoms with Crippen molar-refractivity contribution < 1.29 is 13.2 Å². The second-order valence-corrected chi connectivity index (χ2v) is 11.2. The first-order chi connectivity index (χ1) is 15.9. The summed E-state index contributed by atoms with van der Waals surface area (Å²) in [5.74, 6) is 1.23. The topological polar surface area (TPSA) is 110 Å². The van der Waals surface area contributed by atoms with Gasteiger partial charge in [0.05, 0.1) is 22.2 Å². The van der Waals surface area contributed by atoms with Crippen molar-refractivity contribution in [2.75, 3.05) is 29.9 Å². The van der Waals surface area contributed by atoms with Crippen molar-refractivity contribution in [1.82, 2.24) is 25.1 Å². The predicted molar refractivity (Wildman–Crippen MR) is 124 cm³/mol. The number of hydrogen-bond donors (Lipinski definition) is 1. The molecular formula is C22H23ClN6O3S. The van der Waals surface area contributed by atoms with Crippen molar-refractivity contribution in [1.29, 1.82) is 0 Å². The summed E-state index contributed by atoms with van der Waals surface area (Å²) in [6, 6.07) is 12.6. The minimum atomic E-state index is -2.92. The molecule has 33 heavy (non-hydrogen) atoms. The largest absolute Gasteiger partial charge is 0.322 e. The number of carbonyl (C=O) groups is 1. The van der Waals surface area contributed by atoms with Gasteiger partial charge in [0.1, 0.15) is 0 Å². The van der Waals surface area contributed by atoms with E-state index in [-0.39, 0.29) is 17.4 Å². The van der Waals surface area contributed by atoms with Gasteiger partial charge >= 0.3 is 0 Å². The maximum Gasteiger partial charge on any atom is 0.255 e. The molecule has 0 bridgehead atoms. The van der Waals surface area contributed by atoms with Crippen LogP contribution in [0.15, 0.2) is 42.5 Å². The summed E-state index contributed by atoms with van der Waals surface area (Å²) in [5.41, 5.74) is 2.69. The lowest BCUT2D eigenvalue weighted by Gasteiger charge is -2.26. The van der Waals surface area contributed by atoms with E-state index >= 15 is 0 Å². The Hall–Kier alpha value is -2.82. The number of anilines is 1. The Balaban J connectivity index is 1.30. The lowest BCUT2D eigenvalue weighted by Crippen LogP contribution is -2.39. The van der Waals surface area contributed by atoms with Crippen LogP contribution in [0.25, 0.3) is 5.69 Å². The Bertz CT molecular complexity index is 1290. The van der Waals surface area contributed by atoms with Crippen LogP contribution < -0.4 is 5.32 Å². The highest BCUT2D eigenvalue weighted by Crippen LogP contribution is 2.40. The van der Waals surface area contributed by atoms with Gasteiger partial charge in [0.2, 0.25) is 0 Å². The van der Waals surface area contributed by atoms with Gasteiger partial charge in [-0.3, -0.25) is 9.69 Å². The van der Waals surface area contributed by atoms with Gasteiger partial charge in [0.15, 0.2) is 15.7 Å². The van der Waals surface area contributed by atoms with Crippen molar-refractivity contribution >= 4 is 33.0 Å². The number of sulfone groups is 1. The van der Waals surface area contributed by atoms with E-state index < -0.39 is 9.84 Å². The Morgan fingerprint density at radius 3 is 2.67 bits per heavy atom. The second kappa shape index (κ2) is 8.85. The molecule has 172 valence electrons. The summed E-state index contributed by atoms with van der Waals surface area (Å²) >= 11 is 6.40. The smallest absolute Gasteiger partial charge is 0.255 e. The van der Waals surface area contributed by atoms with Crippen LogP contribution in [0.4, 0.5) is 5.69 Å². The average Bonchev–Trinajstić information content (AvgIpc) is 3.53. The van der Waals surface area contributed by atoms with Gasteiger partial charge in [-0.15, -0.1) is 5.10 Å². The number of hydrogen-bond acceptors (Lipinski definition) is 7. The van der Waals surface area contributed by atoms with Gasteiger partial charge in [-0.05, 0) is 59.2 Å². The summed E-state index contributed by atoms with van der Waals surface area (Å²) in [6.45, 7) is 1.61. The fourth-order valence-corrected chi connectivity index (χ4v) is 5.37. The lowest BCUT2D eigenvalue weighted by atomic mass is 10.1. The van der Waals surface area contributed by atoms with E-state index in [0.29, 0.717) is 47.5 Å². The van der Waals surface area contributed by atoms with Crippen LogP contribution in [0.2, 0.25) is 5.02 Å². The minimum Gasteiger partial charge on any atom is -0.322 e. The van der Waals surface area contributed by atoms with Crippen LogP contribution >= 0.6 is 11.6 Å². The number of carbonyl (C=O) groups excluding carboxylic acids is 1. The van der Waals surface area contributed by atoms with Gasteiger partial charge in [0.25, 0.3) is 5.91 Å². The Labute approximate surface area is 196 Å². The number of halogens is 1. The summed E-state index contributed by atoms with van der Waals surface area (Å²) in [6.07, 6.45) is 2.11. The number of nitrogens with one attached hydrogen (secondary N) is 1. The molecule has 3 aromatic rings. The lowest BCUT2D eigenvalue weighted by molar-refractivity contribution is 0.102. The van der Waals surface area contributed by atoms with E-state index in [4.69, 9.17) is 11.6 Å². The quantitative estimate of drug-likeness (QED) is 0.570. The predicted octanol–water partition coefficient (Wildman–Crippen LogP) is 2.68. The molecule has 2 aliphatic rings. The van der Waals surface area contributed by atoms with Gasteiger partial charge in [-0.2, -0.15) is 4.68 Å². The highest BCUT2D eigenvalue weighted by Gasteiger charge is 2.30. The van der Waals surface area contributed by atoms with Crippen molar-refractivity contribution in [3.8, 4) is 5.69 Å². The molecule has 0 spiro atoms. The first-order valence-corrected chi connectivity index (χ1v) is 13.0. The van der Waals surface area contributed by atoms with E-state index in [1.54, 1.807) is 28.9 Å². The molecule has 0 unspecified atom stereocenters. The van der Waals surface area contributed by atoms with Crippen LogP contribution in [0.1, 0.15) is 40.5 Å². The van der Waals surface area contributed by atoms with Crippen LogP contribution in [0.3, 0.4) is 0 Å². The molecule has 2 aromatic carbocycles. The Kier molecular flexibility index (Phi) is 5.90. The summed E-state index contributed by atoms with van der Waals surface area (Å²) in [4.78, 5) is 15.0. The molecule has 1 N–H and O–H groups in total. The van der Waals surface area contributed by atoms with Crippen LogP contribution in [0.5, 0.6) is 0 Å². The van der Waals surface area contributed by atoms with E-state index in [2.05, 4.69) is 25.7 Å². The van der Waals surface area contributed by atoms with Gasteiger partial charge in [-0.25, -0.2) is 8.42 Å². The van der Waals surface area contributed by atoms with Gasteiger partial charge in [-0.1, -0.05) is 23.7 Å². The molecule has 2 heterocycles. The van der Waals surface area contributed by atoms with E-state index in [9.17, 15) is 13.2 Å². The van der Waals surface area contributed by atoms with Crippen LogP contribution in [0, 0.1) is 0 Å². The fraction of sp³-hybridized carbons (Fsp3) is 0.364. The van der Waals surface area contributed by atoms with E-state index in [1.165, 1.54) is 0 Å². The second-order valence-electron chi connectivity index (χ2n) is 8.47. The van der Waals surface area contributed by atoms with E-state index in [1.807, 2.05) is 18.2 Å². The monoisotopic (exact) mass is 486 g/mol. The molecule has 1 saturated carbocycles. The molecule has 1 aliphatic carbocycles. The molecule has 5 rings (SSSR count). The molecule has 0 radical (unpaired) electrons. The zero-order valence-electron chi connectivity index (χ0n) is 17.8. The highest BCUT2D eigenvalue weighted by atomic mass is 35.5. The third-order valence-corrected chi connectivity index (χ3v) is 7.83. The molecule has 1 amide bonds. The molecule has 9 nitrogen and oxygen atoms in total. The molecule has 0 atom stereocenters. The molecule has 11 heteroatoms. The van der Waals surface area contributed by atoms with Crippen molar-refractivity contribution in [3.63, 3.8) is 0 Å². The van der Waals surface area contributed by atoms with Crippen molar-refractivity contribution in [2.45, 2.75) is 25.3 Å². The van der Waals surface area contributed by atoms with Gasteiger partial charge < -0.3 is 5.32 Å². The third-order valence-electron chi connectivity index (χ3n) is 5.90. The summed E-state index contributed by atoms with van der Waals surface area (Å²) in [7, 11) is -2.92. The fourth-order valence-electron chi connectivity index (χ4n) is 3.90. The first-order valence-electron chi connectivity index (χ1n) is 10.8. The number of rotatable bonds is 6. The number of amides is 1. The Morgan fingerprint density at radius 2 is 1.91 bits per heavy atom. The van der Waals surface area contributed by atoms with Crippen molar-refractivity contribution in [2.24, 2.45) is 0 Å². The zero-order chi connectivity index (χ0) is 23.0. The molecule has 1 aliphatic heterocycles. The average molecular weight is 487 g/mol. The third kappa shape index (κ3) is 5.07. The zero-order valence-corrected chi connectivity index (χ0v) is 19.4.